The molecule has 0 fully saturated rings. The maximum Gasteiger partial charge on any atom is 0.257 e. The fourth-order valence-electron chi connectivity index (χ4n) is 1.66. The number of carbonyl (C=O) groups excluding carboxylic acids is 1. The van der Waals surface area contributed by atoms with E-state index in [1.165, 1.54) is 0 Å². The zero-order chi connectivity index (χ0) is 13.8. The maximum absolute atomic E-state index is 11.9. The molecule has 0 aliphatic heterocycles. The Morgan fingerprint density at radius 3 is 2.42 bits per heavy atom. The third-order valence-electron chi connectivity index (χ3n) is 2.77. The summed E-state index contributed by atoms with van der Waals surface area (Å²) in [5.74, 6) is -0.503. The van der Waals surface area contributed by atoms with Gasteiger partial charge >= 0.3 is 0 Å². The molecule has 2 rings (SSSR count). The standard InChI is InChI=1S/C15H14ClNO2/c1-10-6-8-11(9-7-10)14(18)15(19)17-13-5-3-2-4-12(13)16/h2-9,14,18H,1H3,(H,17,19). The van der Waals surface area contributed by atoms with Crippen LogP contribution in [-0.4, -0.2) is 11.0 Å². The molecule has 4 heteroatoms. The van der Waals surface area contributed by atoms with Crippen LogP contribution in [0.3, 0.4) is 0 Å². The molecule has 0 aliphatic carbocycles. The van der Waals surface area contributed by atoms with Gasteiger partial charge in [0.1, 0.15) is 0 Å². The number of nitrogens with one attached hydrogen (secondary N) is 1. The summed E-state index contributed by atoms with van der Waals surface area (Å²) in [5.41, 5.74) is 2.11. The zero-order valence-corrected chi connectivity index (χ0v) is 11.2. The first-order chi connectivity index (χ1) is 9.08. The SMILES string of the molecule is Cc1ccc(C(O)C(=O)Nc2ccccc2Cl)cc1. The molecule has 0 saturated carbocycles. The highest BCUT2D eigenvalue weighted by Gasteiger charge is 2.17. The Bertz CT molecular complexity index is 581. The number of amides is 1. The van der Waals surface area contributed by atoms with E-state index in [1.54, 1.807) is 36.4 Å². The van der Waals surface area contributed by atoms with Gasteiger partial charge in [-0.25, -0.2) is 0 Å². The van der Waals surface area contributed by atoms with Crippen molar-refractivity contribution in [2.24, 2.45) is 0 Å². The molecule has 2 N–H and O–H groups in total. The number of rotatable bonds is 3. The number of anilines is 1. The van der Waals surface area contributed by atoms with Crippen LogP contribution in [0.15, 0.2) is 48.5 Å². The Labute approximate surface area is 116 Å². The van der Waals surface area contributed by atoms with Gasteiger partial charge in [0.25, 0.3) is 5.91 Å². The van der Waals surface area contributed by atoms with Gasteiger partial charge in [0.2, 0.25) is 0 Å². The summed E-state index contributed by atoms with van der Waals surface area (Å²) in [7, 11) is 0. The van der Waals surface area contributed by atoms with Crippen molar-refractivity contribution in [2.45, 2.75) is 13.0 Å². The second-order valence-corrected chi connectivity index (χ2v) is 4.69. The molecule has 2 aromatic rings. The average Bonchev–Trinajstić information content (AvgIpc) is 2.41. The van der Waals surface area contributed by atoms with Crippen LogP contribution in [0, 0.1) is 6.92 Å². The van der Waals surface area contributed by atoms with E-state index < -0.39 is 12.0 Å². The van der Waals surface area contributed by atoms with Gasteiger partial charge in [-0.3, -0.25) is 4.79 Å². The van der Waals surface area contributed by atoms with Crippen LogP contribution < -0.4 is 5.32 Å². The molecule has 0 heterocycles. The summed E-state index contributed by atoms with van der Waals surface area (Å²) in [6.45, 7) is 1.94. The van der Waals surface area contributed by atoms with Crippen molar-refractivity contribution >= 4 is 23.2 Å². The Morgan fingerprint density at radius 2 is 1.79 bits per heavy atom. The maximum atomic E-state index is 11.9. The monoisotopic (exact) mass is 275 g/mol. The number of halogens is 1. The van der Waals surface area contributed by atoms with Gasteiger partial charge in [-0.15, -0.1) is 0 Å². The second kappa shape index (κ2) is 5.87. The third-order valence-corrected chi connectivity index (χ3v) is 3.10. The fraction of sp³-hybridized carbons (Fsp3) is 0.133. The predicted octanol–water partition coefficient (Wildman–Crippen LogP) is 3.32. The number of aliphatic hydroxyl groups excluding tert-OH is 1. The summed E-state index contributed by atoms with van der Waals surface area (Å²) >= 11 is 5.94. The van der Waals surface area contributed by atoms with Crippen molar-refractivity contribution in [1.29, 1.82) is 0 Å². The highest BCUT2D eigenvalue weighted by molar-refractivity contribution is 6.33. The minimum Gasteiger partial charge on any atom is -0.378 e. The van der Waals surface area contributed by atoms with E-state index in [4.69, 9.17) is 11.6 Å². The van der Waals surface area contributed by atoms with Crippen molar-refractivity contribution in [3.05, 3.63) is 64.7 Å². The number of hydrogen-bond donors (Lipinski definition) is 2. The van der Waals surface area contributed by atoms with Crippen molar-refractivity contribution in [2.75, 3.05) is 5.32 Å². The summed E-state index contributed by atoms with van der Waals surface area (Å²) in [6, 6.07) is 14.0. The minimum atomic E-state index is -1.21. The Morgan fingerprint density at radius 1 is 1.16 bits per heavy atom. The van der Waals surface area contributed by atoms with Gasteiger partial charge in [0.15, 0.2) is 6.10 Å². The van der Waals surface area contributed by atoms with Gasteiger partial charge in [0, 0.05) is 0 Å². The molecule has 98 valence electrons. The lowest BCUT2D eigenvalue weighted by Gasteiger charge is -2.12. The van der Waals surface area contributed by atoms with Gasteiger partial charge in [-0.1, -0.05) is 53.6 Å². The highest BCUT2D eigenvalue weighted by atomic mass is 35.5. The first-order valence-electron chi connectivity index (χ1n) is 5.88. The Hall–Kier alpha value is -1.84. The summed E-state index contributed by atoms with van der Waals surface area (Å²) in [4.78, 5) is 11.9. The average molecular weight is 276 g/mol. The van der Waals surface area contributed by atoms with Crippen molar-refractivity contribution < 1.29 is 9.90 Å². The van der Waals surface area contributed by atoms with Crippen molar-refractivity contribution in [1.82, 2.24) is 0 Å². The van der Waals surface area contributed by atoms with Gasteiger partial charge in [0.05, 0.1) is 10.7 Å². The Balaban J connectivity index is 2.12. The molecule has 0 spiro atoms. The molecule has 1 atom stereocenters. The van der Waals surface area contributed by atoms with Gasteiger partial charge in [-0.2, -0.15) is 0 Å². The van der Waals surface area contributed by atoms with Gasteiger partial charge < -0.3 is 10.4 Å². The second-order valence-electron chi connectivity index (χ2n) is 4.28. The normalized spacial score (nSPS) is 11.9. The first-order valence-corrected chi connectivity index (χ1v) is 6.26. The quantitative estimate of drug-likeness (QED) is 0.903. The minimum absolute atomic E-state index is 0.437. The topological polar surface area (TPSA) is 49.3 Å². The third kappa shape index (κ3) is 3.34. The lowest BCUT2D eigenvalue weighted by Crippen LogP contribution is -2.20. The van der Waals surface area contributed by atoms with Crippen molar-refractivity contribution in [3.63, 3.8) is 0 Å². The van der Waals surface area contributed by atoms with E-state index in [2.05, 4.69) is 5.32 Å². The smallest absolute Gasteiger partial charge is 0.257 e. The van der Waals surface area contributed by atoms with Crippen LogP contribution in [0.25, 0.3) is 0 Å². The van der Waals surface area contributed by atoms with Crippen LogP contribution in [0.4, 0.5) is 5.69 Å². The van der Waals surface area contributed by atoms with E-state index in [9.17, 15) is 9.90 Å². The fourth-order valence-corrected chi connectivity index (χ4v) is 1.85. The number of aliphatic hydroxyl groups is 1. The lowest BCUT2D eigenvalue weighted by atomic mass is 10.1. The molecule has 19 heavy (non-hydrogen) atoms. The van der Waals surface area contributed by atoms with E-state index >= 15 is 0 Å². The summed E-state index contributed by atoms with van der Waals surface area (Å²) in [5, 5.41) is 13.0. The van der Waals surface area contributed by atoms with E-state index in [1.807, 2.05) is 19.1 Å². The van der Waals surface area contributed by atoms with Crippen LogP contribution in [0.2, 0.25) is 5.02 Å². The van der Waals surface area contributed by atoms with Gasteiger partial charge in [-0.05, 0) is 24.6 Å². The molecule has 1 unspecified atom stereocenters. The Kier molecular flexibility index (Phi) is 4.20. The van der Waals surface area contributed by atoms with E-state index in [0.29, 0.717) is 16.3 Å². The summed E-state index contributed by atoms with van der Waals surface area (Å²) < 4.78 is 0. The van der Waals surface area contributed by atoms with Crippen LogP contribution in [-0.2, 0) is 4.79 Å². The molecule has 3 nitrogen and oxygen atoms in total. The predicted molar refractivity (Wildman–Crippen MR) is 76.2 cm³/mol. The zero-order valence-electron chi connectivity index (χ0n) is 10.4. The largest absolute Gasteiger partial charge is 0.378 e. The number of carbonyl (C=O) groups is 1. The number of para-hydroxylation sites is 1. The van der Waals surface area contributed by atoms with Crippen LogP contribution in [0.5, 0.6) is 0 Å². The molecule has 1 amide bonds. The van der Waals surface area contributed by atoms with E-state index in [0.717, 1.165) is 5.56 Å². The lowest BCUT2D eigenvalue weighted by molar-refractivity contribution is -0.124. The van der Waals surface area contributed by atoms with E-state index in [-0.39, 0.29) is 0 Å². The molecular weight excluding hydrogens is 262 g/mol. The molecule has 0 aromatic heterocycles. The summed E-state index contributed by atoms with van der Waals surface area (Å²) in [6.07, 6.45) is -1.21. The number of hydrogen-bond acceptors (Lipinski definition) is 2. The van der Waals surface area contributed by atoms with Crippen molar-refractivity contribution in [3.8, 4) is 0 Å². The van der Waals surface area contributed by atoms with Crippen LogP contribution >= 0.6 is 11.6 Å². The molecule has 0 saturated heterocycles. The molecule has 2 aromatic carbocycles. The van der Waals surface area contributed by atoms with Crippen LogP contribution in [0.1, 0.15) is 17.2 Å². The number of aryl methyl sites for hydroxylation is 1. The number of benzene rings is 2. The highest BCUT2D eigenvalue weighted by Crippen LogP contribution is 2.22. The molecule has 0 radical (unpaired) electrons. The molecule has 0 aliphatic rings. The molecular formula is C15H14ClNO2. The molecule has 0 bridgehead atoms. The first kappa shape index (κ1) is 13.6.